The van der Waals surface area contributed by atoms with E-state index in [-0.39, 0.29) is 25.7 Å². The Morgan fingerprint density at radius 2 is 0.786 bits per heavy atom. The van der Waals surface area contributed by atoms with Crippen LogP contribution in [0.1, 0.15) is 22.3 Å². The maximum absolute atomic E-state index is 11.1. The molecule has 0 atom stereocenters. The van der Waals surface area contributed by atoms with Crippen LogP contribution >= 0.6 is 0 Å². The maximum atomic E-state index is 11.1. The number of carboxylic acid groups (broad SMARTS) is 4. The molecule has 8 nitrogen and oxygen atoms in total. The van der Waals surface area contributed by atoms with Gasteiger partial charge in [0.25, 0.3) is 0 Å². The Morgan fingerprint density at radius 1 is 0.500 bits per heavy atom. The van der Waals surface area contributed by atoms with E-state index < -0.39 is 23.9 Å². The van der Waals surface area contributed by atoms with E-state index in [1.54, 1.807) is 24.3 Å². The average molecular weight is 386 g/mol. The van der Waals surface area contributed by atoms with Crippen molar-refractivity contribution in [1.29, 1.82) is 0 Å². The van der Waals surface area contributed by atoms with Gasteiger partial charge in [-0.15, -0.1) is 0 Å². The summed E-state index contributed by atoms with van der Waals surface area (Å²) in [4.78, 5) is 44.2. The van der Waals surface area contributed by atoms with Gasteiger partial charge in [-0.25, -0.2) is 0 Å². The normalized spacial score (nSPS) is 10.4. The third-order valence-corrected chi connectivity index (χ3v) is 4.11. The van der Waals surface area contributed by atoms with Crippen molar-refractivity contribution >= 4 is 23.9 Å². The fourth-order valence-electron chi connectivity index (χ4n) is 2.94. The van der Waals surface area contributed by atoms with E-state index in [0.717, 1.165) is 0 Å². The lowest BCUT2D eigenvalue weighted by molar-refractivity contribution is -0.137. The SMILES string of the molecule is O=C(O)Cc1ccc(-c2ccc(CC(=O)O)c(CC(=O)O)c2)cc1CC(=O)O. The van der Waals surface area contributed by atoms with Gasteiger partial charge in [0.2, 0.25) is 0 Å². The molecular weight excluding hydrogens is 368 g/mol. The zero-order valence-corrected chi connectivity index (χ0v) is 14.7. The fourth-order valence-corrected chi connectivity index (χ4v) is 2.94. The minimum Gasteiger partial charge on any atom is -0.481 e. The van der Waals surface area contributed by atoms with E-state index in [1.807, 2.05) is 0 Å². The van der Waals surface area contributed by atoms with Crippen molar-refractivity contribution in [2.24, 2.45) is 0 Å². The van der Waals surface area contributed by atoms with Crippen LogP contribution in [0.5, 0.6) is 0 Å². The molecular formula is C20H18O8. The van der Waals surface area contributed by atoms with Gasteiger partial charge in [-0.05, 0) is 33.4 Å². The molecule has 0 aliphatic rings. The molecule has 0 bridgehead atoms. The highest BCUT2D eigenvalue weighted by Crippen LogP contribution is 2.26. The number of hydrogen-bond donors (Lipinski definition) is 4. The lowest BCUT2D eigenvalue weighted by atomic mass is 9.92. The first-order chi connectivity index (χ1) is 13.2. The summed E-state index contributed by atoms with van der Waals surface area (Å²) < 4.78 is 0. The van der Waals surface area contributed by atoms with E-state index in [1.165, 1.54) is 12.1 Å². The van der Waals surface area contributed by atoms with Crippen molar-refractivity contribution in [3.8, 4) is 11.1 Å². The van der Waals surface area contributed by atoms with Gasteiger partial charge in [0.1, 0.15) is 0 Å². The van der Waals surface area contributed by atoms with E-state index in [0.29, 0.717) is 33.4 Å². The Balaban J connectivity index is 2.50. The summed E-state index contributed by atoms with van der Waals surface area (Å²) in [5, 5.41) is 36.1. The second-order valence-electron chi connectivity index (χ2n) is 6.25. The molecule has 0 radical (unpaired) electrons. The first-order valence-corrected chi connectivity index (χ1v) is 8.27. The number of rotatable bonds is 9. The van der Waals surface area contributed by atoms with Gasteiger partial charge in [0.05, 0.1) is 25.7 Å². The van der Waals surface area contributed by atoms with Gasteiger partial charge < -0.3 is 20.4 Å². The smallest absolute Gasteiger partial charge is 0.307 e. The van der Waals surface area contributed by atoms with Crippen molar-refractivity contribution in [3.05, 3.63) is 58.7 Å². The number of benzene rings is 2. The van der Waals surface area contributed by atoms with Crippen molar-refractivity contribution in [3.63, 3.8) is 0 Å². The molecule has 0 saturated carbocycles. The Hall–Kier alpha value is -3.68. The largest absolute Gasteiger partial charge is 0.481 e. The van der Waals surface area contributed by atoms with Gasteiger partial charge in [0.15, 0.2) is 0 Å². The Kier molecular flexibility index (Phi) is 6.49. The van der Waals surface area contributed by atoms with Gasteiger partial charge in [0, 0.05) is 0 Å². The van der Waals surface area contributed by atoms with Crippen molar-refractivity contribution in [1.82, 2.24) is 0 Å². The van der Waals surface area contributed by atoms with Crippen LogP contribution in [0.25, 0.3) is 11.1 Å². The monoisotopic (exact) mass is 386 g/mol. The predicted octanol–water partition coefficient (Wildman–Crippen LogP) is 1.86. The number of hydrogen-bond acceptors (Lipinski definition) is 4. The second-order valence-corrected chi connectivity index (χ2v) is 6.25. The van der Waals surface area contributed by atoms with Crippen molar-refractivity contribution < 1.29 is 39.6 Å². The van der Waals surface area contributed by atoms with Crippen molar-refractivity contribution in [2.45, 2.75) is 25.7 Å². The van der Waals surface area contributed by atoms with Gasteiger partial charge in [-0.3, -0.25) is 19.2 Å². The molecule has 8 heteroatoms. The zero-order chi connectivity index (χ0) is 20.8. The molecule has 2 aromatic rings. The van der Waals surface area contributed by atoms with E-state index in [9.17, 15) is 19.2 Å². The lowest BCUT2D eigenvalue weighted by Crippen LogP contribution is -2.09. The number of carboxylic acids is 4. The Labute approximate surface area is 159 Å². The Bertz CT molecular complexity index is 868. The first kappa shape index (κ1) is 20.6. The summed E-state index contributed by atoms with van der Waals surface area (Å²) in [6.45, 7) is 0. The van der Waals surface area contributed by atoms with E-state index in [2.05, 4.69) is 0 Å². The molecule has 0 aliphatic heterocycles. The lowest BCUT2D eigenvalue weighted by Gasteiger charge is -2.12. The molecule has 0 fully saturated rings. The number of aliphatic carboxylic acids is 4. The molecule has 146 valence electrons. The van der Waals surface area contributed by atoms with Gasteiger partial charge >= 0.3 is 23.9 Å². The molecule has 4 N–H and O–H groups in total. The Morgan fingerprint density at radius 3 is 1.07 bits per heavy atom. The van der Waals surface area contributed by atoms with Crippen LogP contribution in [0.2, 0.25) is 0 Å². The molecule has 0 heterocycles. The van der Waals surface area contributed by atoms with Crippen LogP contribution in [-0.4, -0.2) is 44.3 Å². The van der Waals surface area contributed by atoms with Crippen LogP contribution in [0.15, 0.2) is 36.4 Å². The van der Waals surface area contributed by atoms with E-state index in [4.69, 9.17) is 20.4 Å². The molecule has 0 saturated heterocycles. The molecule has 0 aliphatic carbocycles. The summed E-state index contributed by atoms with van der Waals surface area (Å²) in [5.74, 6) is -4.37. The van der Waals surface area contributed by atoms with Gasteiger partial charge in [-0.2, -0.15) is 0 Å². The standard InChI is InChI=1S/C20H18O8/c21-17(22)7-13-3-1-11(5-15(13)9-19(25)26)12-2-4-14(8-18(23)24)16(6-12)10-20(27)28/h1-6H,7-10H2,(H,21,22)(H,23,24)(H,25,26)(H,27,28). The topological polar surface area (TPSA) is 149 Å². The fraction of sp³-hybridized carbons (Fsp3) is 0.200. The number of carbonyl (C=O) groups is 4. The third-order valence-electron chi connectivity index (χ3n) is 4.11. The van der Waals surface area contributed by atoms with E-state index >= 15 is 0 Å². The minimum absolute atomic E-state index is 0.315. The highest BCUT2D eigenvalue weighted by atomic mass is 16.4. The van der Waals surface area contributed by atoms with Crippen LogP contribution in [0, 0.1) is 0 Å². The molecule has 2 aromatic carbocycles. The van der Waals surface area contributed by atoms with Crippen LogP contribution in [-0.2, 0) is 44.9 Å². The summed E-state index contributed by atoms with van der Waals surface area (Å²) in [6, 6.07) is 9.43. The summed E-state index contributed by atoms with van der Waals surface area (Å²) >= 11 is 0. The summed E-state index contributed by atoms with van der Waals surface area (Å²) in [7, 11) is 0. The third kappa shape index (κ3) is 5.66. The highest BCUT2D eigenvalue weighted by molar-refractivity contribution is 5.78. The minimum atomic E-state index is -1.10. The first-order valence-electron chi connectivity index (χ1n) is 8.27. The zero-order valence-electron chi connectivity index (χ0n) is 14.7. The molecule has 0 aromatic heterocycles. The second kappa shape index (κ2) is 8.81. The average Bonchev–Trinajstić information content (AvgIpc) is 2.56. The molecule has 2 rings (SSSR count). The van der Waals surface area contributed by atoms with Gasteiger partial charge in [-0.1, -0.05) is 36.4 Å². The maximum Gasteiger partial charge on any atom is 0.307 e. The highest BCUT2D eigenvalue weighted by Gasteiger charge is 2.15. The molecule has 0 amide bonds. The van der Waals surface area contributed by atoms with Crippen LogP contribution in [0.4, 0.5) is 0 Å². The molecule has 0 unspecified atom stereocenters. The van der Waals surface area contributed by atoms with Crippen LogP contribution < -0.4 is 0 Å². The predicted molar refractivity (Wildman–Crippen MR) is 97.2 cm³/mol. The van der Waals surface area contributed by atoms with Crippen LogP contribution in [0.3, 0.4) is 0 Å². The molecule has 0 spiro atoms. The summed E-state index contributed by atoms with van der Waals surface area (Å²) in [6.07, 6.45) is -1.33. The quantitative estimate of drug-likeness (QED) is 0.510. The summed E-state index contributed by atoms with van der Waals surface area (Å²) in [5.41, 5.74) is 2.63. The van der Waals surface area contributed by atoms with Crippen molar-refractivity contribution in [2.75, 3.05) is 0 Å². The molecule has 28 heavy (non-hydrogen) atoms.